The number of anilines is 2. The van der Waals surface area contributed by atoms with E-state index in [0.29, 0.717) is 50.1 Å². The Morgan fingerprint density at radius 3 is 2.84 bits per heavy atom. The van der Waals surface area contributed by atoms with Gasteiger partial charge in [0, 0.05) is 41.5 Å². The van der Waals surface area contributed by atoms with Crippen LogP contribution in [0.1, 0.15) is 11.3 Å². The summed E-state index contributed by atoms with van der Waals surface area (Å²) < 4.78 is 25.4. The molecule has 2 aromatic carbocycles. The lowest BCUT2D eigenvalue weighted by atomic mass is 10.2. The number of aromatic nitrogens is 2. The van der Waals surface area contributed by atoms with E-state index in [0.717, 1.165) is 30.6 Å². The van der Waals surface area contributed by atoms with Gasteiger partial charge in [0.15, 0.2) is 5.82 Å². The molecule has 1 amide bonds. The summed E-state index contributed by atoms with van der Waals surface area (Å²) in [6, 6.07) is 13.9. The van der Waals surface area contributed by atoms with E-state index in [2.05, 4.69) is 32.4 Å². The third-order valence-electron chi connectivity index (χ3n) is 6.53. The van der Waals surface area contributed by atoms with Crippen LogP contribution in [0, 0.1) is 17.7 Å². The molecule has 0 saturated carbocycles. The number of carboxylic acid groups (broad SMARTS) is 1. The molecule has 4 heterocycles. The van der Waals surface area contributed by atoms with Crippen LogP contribution in [0.5, 0.6) is 0 Å². The standard InChI is InChI=1S/C29H25ClFN5O3S2.CH2O2/c30-24-14-20(5-7-26(24)40-22-3-1-2-18(31)12-22)35-28-27-25(33-17-34-28)15-23(41-27)6-4-19-13-21(16-32-19)39-29(37)36-8-10-38-11-9-36;2-1-3/h1-3,5,7,12,14-15,17,19,21,32H,8-11,13,16H2,(H,33,34,35);1H,(H,2,3). The number of carbonyl (C=O) groups is 2. The van der Waals surface area contributed by atoms with E-state index in [1.807, 2.05) is 30.3 Å². The Balaban J connectivity index is 0.00000123. The fraction of sp³-hybridized carbons (Fsp3) is 0.267. The second-order valence-electron chi connectivity index (χ2n) is 9.55. The highest BCUT2D eigenvalue weighted by Gasteiger charge is 2.28. The number of fused-ring (bicyclic) bond motifs is 1. The van der Waals surface area contributed by atoms with Crippen molar-refractivity contribution in [2.24, 2.45) is 0 Å². The number of benzene rings is 2. The maximum absolute atomic E-state index is 13.5. The molecule has 2 atom stereocenters. The van der Waals surface area contributed by atoms with Crippen molar-refractivity contribution in [1.82, 2.24) is 20.2 Å². The molecule has 10 nitrogen and oxygen atoms in total. The Labute approximate surface area is 265 Å². The van der Waals surface area contributed by atoms with Crippen molar-refractivity contribution in [3.8, 4) is 11.8 Å². The van der Waals surface area contributed by atoms with E-state index in [1.165, 1.54) is 41.6 Å². The van der Waals surface area contributed by atoms with Gasteiger partial charge in [-0.3, -0.25) is 10.1 Å². The van der Waals surface area contributed by atoms with Crippen LogP contribution in [0.15, 0.2) is 64.6 Å². The number of hydrogen-bond donors (Lipinski definition) is 3. The van der Waals surface area contributed by atoms with Gasteiger partial charge in [0.1, 0.15) is 18.2 Å². The lowest BCUT2D eigenvalue weighted by Gasteiger charge is -2.27. The Bertz CT molecular complexity index is 1690. The molecule has 0 radical (unpaired) electrons. The Morgan fingerprint density at radius 1 is 1.25 bits per heavy atom. The summed E-state index contributed by atoms with van der Waals surface area (Å²) in [5.41, 5.74) is 1.56. The summed E-state index contributed by atoms with van der Waals surface area (Å²) in [5.74, 6) is 6.87. The van der Waals surface area contributed by atoms with Crippen LogP contribution >= 0.6 is 34.7 Å². The third-order valence-corrected chi connectivity index (χ3v) is 9.06. The van der Waals surface area contributed by atoms with Gasteiger partial charge in [0.2, 0.25) is 0 Å². The number of amides is 1. The molecule has 2 saturated heterocycles. The Morgan fingerprint density at radius 2 is 2.07 bits per heavy atom. The number of carbonyl (C=O) groups excluding carboxylic acids is 1. The van der Waals surface area contributed by atoms with Gasteiger partial charge in [0.25, 0.3) is 6.47 Å². The number of morpholine rings is 1. The van der Waals surface area contributed by atoms with E-state index >= 15 is 0 Å². The molecule has 0 spiro atoms. The van der Waals surface area contributed by atoms with E-state index < -0.39 is 0 Å². The molecule has 2 aromatic heterocycles. The molecule has 2 fully saturated rings. The minimum atomic E-state index is -0.293. The molecule has 2 unspecified atom stereocenters. The molecule has 6 rings (SSSR count). The van der Waals surface area contributed by atoms with Gasteiger partial charge < -0.3 is 24.8 Å². The minimum Gasteiger partial charge on any atom is -0.483 e. The van der Waals surface area contributed by atoms with Crippen molar-refractivity contribution >= 4 is 69.0 Å². The predicted molar refractivity (Wildman–Crippen MR) is 167 cm³/mol. The average Bonchev–Trinajstić information content (AvgIpc) is 3.65. The van der Waals surface area contributed by atoms with Gasteiger partial charge >= 0.3 is 6.09 Å². The Hall–Kier alpha value is -3.93. The minimum absolute atomic E-state index is 0.0720. The van der Waals surface area contributed by atoms with Gasteiger partial charge in [-0.2, -0.15) is 0 Å². The lowest BCUT2D eigenvalue weighted by Crippen LogP contribution is -2.42. The number of ether oxygens (including phenoxy) is 2. The summed E-state index contributed by atoms with van der Waals surface area (Å²) in [7, 11) is 0. The average molecular weight is 656 g/mol. The highest BCUT2D eigenvalue weighted by Crippen LogP contribution is 2.36. The van der Waals surface area contributed by atoms with Gasteiger partial charge in [-0.1, -0.05) is 41.3 Å². The van der Waals surface area contributed by atoms with Crippen LogP contribution in [0.25, 0.3) is 10.2 Å². The topological polar surface area (TPSA) is 126 Å². The first-order valence-electron chi connectivity index (χ1n) is 13.5. The molecule has 3 N–H and O–H groups in total. The highest BCUT2D eigenvalue weighted by atomic mass is 35.5. The van der Waals surface area contributed by atoms with Crippen LogP contribution < -0.4 is 10.6 Å². The van der Waals surface area contributed by atoms with Gasteiger partial charge in [-0.15, -0.1) is 11.3 Å². The van der Waals surface area contributed by atoms with Crippen molar-refractivity contribution in [2.45, 2.75) is 28.4 Å². The van der Waals surface area contributed by atoms with Crippen LogP contribution in [0.4, 0.5) is 20.7 Å². The summed E-state index contributed by atoms with van der Waals surface area (Å²) >= 11 is 9.45. The van der Waals surface area contributed by atoms with E-state index in [4.69, 9.17) is 31.0 Å². The number of nitrogens with one attached hydrogen (secondary N) is 2. The molecule has 2 aliphatic heterocycles. The molecule has 2 aliphatic rings. The van der Waals surface area contributed by atoms with Crippen LogP contribution in [-0.4, -0.2) is 77.5 Å². The molecule has 14 heteroatoms. The van der Waals surface area contributed by atoms with Crippen molar-refractivity contribution in [2.75, 3.05) is 38.2 Å². The zero-order valence-corrected chi connectivity index (χ0v) is 25.6. The van der Waals surface area contributed by atoms with Gasteiger partial charge in [0.05, 0.1) is 39.4 Å². The van der Waals surface area contributed by atoms with Crippen LogP contribution in [0.2, 0.25) is 5.02 Å². The van der Waals surface area contributed by atoms with Crippen molar-refractivity contribution in [3.05, 3.63) is 70.6 Å². The maximum Gasteiger partial charge on any atom is 0.410 e. The Kier molecular flexibility index (Phi) is 10.9. The third kappa shape index (κ3) is 8.37. The quantitative estimate of drug-likeness (QED) is 0.184. The highest BCUT2D eigenvalue weighted by molar-refractivity contribution is 7.99. The second-order valence-corrected chi connectivity index (χ2v) is 12.1. The summed E-state index contributed by atoms with van der Waals surface area (Å²) in [6.07, 6.45) is 1.64. The van der Waals surface area contributed by atoms with Crippen LogP contribution in [0.3, 0.4) is 0 Å². The fourth-order valence-corrected chi connectivity index (χ4v) is 6.56. The first-order chi connectivity index (χ1) is 21.4. The summed E-state index contributed by atoms with van der Waals surface area (Å²) in [4.78, 5) is 33.7. The van der Waals surface area contributed by atoms with E-state index in [9.17, 15) is 9.18 Å². The SMILES string of the molecule is O=C(OC1CNC(C#Cc2cc3ncnc(Nc4ccc(Sc5cccc(F)c5)c(Cl)c4)c3s2)C1)N1CCOCC1.O=CO. The molecule has 228 valence electrons. The lowest BCUT2D eigenvalue weighted by molar-refractivity contribution is -0.122. The predicted octanol–water partition coefficient (Wildman–Crippen LogP) is 5.63. The second kappa shape index (κ2) is 15.2. The number of thiophene rings is 1. The largest absolute Gasteiger partial charge is 0.483 e. The molecule has 0 bridgehead atoms. The first-order valence-corrected chi connectivity index (χ1v) is 15.5. The number of nitrogens with zero attached hydrogens (tertiary/aromatic N) is 3. The molecular weight excluding hydrogens is 629 g/mol. The maximum atomic E-state index is 13.5. The summed E-state index contributed by atoms with van der Waals surface area (Å²) in [5, 5.41) is 14.1. The van der Waals surface area contributed by atoms with Crippen molar-refractivity contribution in [3.63, 3.8) is 0 Å². The monoisotopic (exact) mass is 655 g/mol. The number of halogens is 2. The van der Waals surface area contributed by atoms with E-state index in [-0.39, 0.29) is 30.5 Å². The molecule has 0 aliphatic carbocycles. The zero-order chi connectivity index (χ0) is 30.9. The van der Waals surface area contributed by atoms with Gasteiger partial charge in [-0.25, -0.2) is 19.2 Å². The molecule has 44 heavy (non-hydrogen) atoms. The normalized spacial score (nSPS) is 17.6. The fourth-order valence-electron chi connectivity index (χ4n) is 4.48. The molecule has 4 aromatic rings. The number of rotatable bonds is 5. The van der Waals surface area contributed by atoms with Crippen LogP contribution in [-0.2, 0) is 14.3 Å². The van der Waals surface area contributed by atoms with Crippen molar-refractivity contribution < 1.29 is 28.6 Å². The van der Waals surface area contributed by atoms with Crippen molar-refractivity contribution in [1.29, 1.82) is 0 Å². The van der Waals surface area contributed by atoms with E-state index in [1.54, 1.807) is 11.0 Å². The van der Waals surface area contributed by atoms with Gasteiger partial charge in [-0.05, 0) is 42.5 Å². The first kappa shape index (κ1) is 31.5. The number of hydrogen-bond acceptors (Lipinski definition) is 10. The summed E-state index contributed by atoms with van der Waals surface area (Å²) in [6.45, 7) is 2.52. The zero-order valence-electron chi connectivity index (χ0n) is 23.2. The smallest absolute Gasteiger partial charge is 0.410 e. The molecular formula is C30H27ClFN5O5S2.